The van der Waals surface area contributed by atoms with Gasteiger partial charge in [-0.2, -0.15) is 0 Å². The predicted octanol–water partition coefficient (Wildman–Crippen LogP) is -0.0467. The summed E-state index contributed by atoms with van der Waals surface area (Å²) >= 11 is 0. The van der Waals surface area contributed by atoms with Crippen LogP contribution in [0.5, 0.6) is 0 Å². The van der Waals surface area contributed by atoms with Gasteiger partial charge in [0.1, 0.15) is 0 Å². The predicted molar refractivity (Wildman–Crippen MR) is 33.5 cm³/mol. The fourth-order valence-electron chi connectivity index (χ4n) is 0. The van der Waals surface area contributed by atoms with Gasteiger partial charge in [0, 0.05) is 52.4 Å². The maximum absolute atomic E-state index is 8.56. The van der Waals surface area contributed by atoms with Gasteiger partial charge in [-0.3, -0.25) is 0 Å². The summed E-state index contributed by atoms with van der Waals surface area (Å²) in [5.74, 6) is 0. The van der Waals surface area contributed by atoms with Crippen molar-refractivity contribution in [1.29, 1.82) is 0 Å². The zero-order valence-electron chi connectivity index (χ0n) is 5.31. The first-order valence-electron chi connectivity index (χ1n) is 1.30. The van der Waals surface area contributed by atoms with Crippen molar-refractivity contribution < 1.29 is 82.4 Å². The van der Waals surface area contributed by atoms with Crippen LogP contribution in [0.15, 0.2) is 0 Å². The minimum Gasteiger partial charge on any atom is 0 e. The van der Waals surface area contributed by atoms with Crippen LogP contribution in [0, 0.1) is 0 Å². The van der Waals surface area contributed by atoms with Gasteiger partial charge in [0.2, 0.25) is 0 Å². The Morgan fingerprint density at radius 1 is 0.750 bits per heavy atom. The summed E-state index contributed by atoms with van der Waals surface area (Å²) in [6, 6.07) is 0. The first kappa shape index (κ1) is 37.1. The molecule has 0 aliphatic carbocycles. The Bertz CT molecular complexity index is 81.5. The molecule has 0 aliphatic heterocycles. The van der Waals surface area contributed by atoms with E-state index in [2.05, 4.69) is 0 Å². The van der Waals surface area contributed by atoms with Crippen LogP contribution in [0.4, 0.5) is 9.59 Å². The van der Waals surface area contributed by atoms with Gasteiger partial charge in [-0.1, -0.05) is 0 Å². The van der Waals surface area contributed by atoms with Crippen molar-refractivity contribution >= 4 is 63.7 Å². The molecule has 66 valence electrons. The SMILES string of the molecule is N.O=C(O)O.O=C(O)O.[KH].[Zr].[Zr]. The van der Waals surface area contributed by atoms with Crippen LogP contribution in [0.25, 0.3) is 0 Å². The monoisotopic (exact) mass is 361 g/mol. The zero-order valence-corrected chi connectivity index (χ0v) is 10.2. The van der Waals surface area contributed by atoms with Crippen LogP contribution >= 0.6 is 0 Å². The topological polar surface area (TPSA) is 150 Å². The maximum atomic E-state index is 8.56. The molecular formula is C2H8KNO6Zr2. The molecule has 0 aromatic heterocycles. The van der Waals surface area contributed by atoms with Gasteiger partial charge >= 0.3 is 63.7 Å². The maximum Gasteiger partial charge on any atom is 0 e. The molecule has 0 atom stereocenters. The Labute approximate surface area is 149 Å². The molecule has 0 aromatic carbocycles. The Morgan fingerprint density at radius 3 is 0.750 bits per heavy atom. The summed E-state index contributed by atoms with van der Waals surface area (Å²) < 4.78 is 0. The van der Waals surface area contributed by atoms with Gasteiger partial charge in [-0.15, -0.1) is 0 Å². The molecule has 0 fully saturated rings. The molecule has 0 saturated heterocycles. The smallest absolute Gasteiger partial charge is 0 e. The largest absolute Gasteiger partial charge is 0 e. The third kappa shape index (κ3) is 391. The van der Waals surface area contributed by atoms with Crippen molar-refractivity contribution in [2.75, 3.05) is 0 Å². The summed E-state index contributed by atoms with van der Waals surface area (Å²) in [6.45, 7) is 0. The molecule has 7 N–H and O–H groups in total. The zero-order chi connectivity index (χ0) is 7.15. The van der Waals surface area contributed by atoms with E-state index in [1.165, 1.54) is 0 Å². The number of carboxylic acid groups (broad SMARTS) is 4. The third-order valence-electron chi connectivity index (χ3n) is 0. The second-order valence-corrected chi connectivity index (χ2v) is 0.565. The molecule has 0 saturated carbocycles. The van der Waals surface area contributed by atoms with Crippen LogP contribution < -0.4 is 6.15 Å². The minimum absolute atomic E-state index is 0. The normalized spacial score (nSPS) is 4.00. The van der Waals surface area contributed by atoms with E-state index in [0.717, 1.165) is 0 Å². The van der Waals surface area contributed by atoms with Crippen molar-refractivity contribution in [2.45, 2.75) is 0 Å². The first-order chi connectivity index (χ1) is 3.46. The second-order valence-electron chi connectivity index (χ2n) is 0.565. The van der Waals surface area contributed by atoms with Gasteiger partial charge in [-0.25, -0.2) is 9.59 Å². The van der Waals surface area contributed by atoms with Crippen LogP contribution in [0.2, 0.25) is 0 Å². The number of rotatable bonds is 0. The van der Waals surface area contributed by atoms with E-state index in [0.29, 0.717) is 0 Å². The molecule has 10 heteroatoms. The molecule has 0 radical (unpaired) electrons. The van der Waals surface area contributed by atoms with Crippen molar-refractivity contribution in [1.82, 2.24) is 6.15 Å². The molecule has 0 unspecified atom stereocenters. The molecule has 12 heavy (non-hydrogen) atoms. The molecular weight excluding hydrogens is 356 g/mol. The fraction of sp³-hybridized carbons (Fsp3) is 0. The van der Waals surface area contributed by atoms with E-state index in [1.807, 2.05) is 0 Å². The number of hydrogen-bond donors (Lipinski definition) is 5. The summed E-state index contributed by atoms with van der Waals surface area (Å²) in [5, 5.41) is 27.9. The molecule has 0 amide bonds. The van der Waals surface area contributed by atoms with Gasteiger partial charge in [0.25, 0.3) is 0 Å². The van der Waals surface area contributed by atoms with E-state index in [9.17, 15) is 0 Å². The van der Waals surface area contributed by atoms with Gasteiger partial charge in [0.15, 0.2) is 0 Å². The number of carbonyl (C=O) groups is 2. The average Bonchev–Trinajstić information content (AvgIpc) is 1.25. The summed E-state index contributed by atoms with van der Waals surface area (Å²) in [7, 11) is 0. The summed E-state index contributed by atoms with van der Waals surface area (Å²) in [6.07, 6.45) is -3.67. The summed E-state index contributed by atoms with van der Waals surface area (Å²) in [5.41, 5.74) is 0. The second kappa shape index (κ2) is 29.3. The van der Waals surface area contributed by atoms with E-state index in [4.69, 9.17) is 30.0 Å². The quantitative estimate of drug-likeness (QED) is 0.379. The minimum atomic E-state index is -1.83. The summed E-state index contributed by atoms with van der Waals surface area (Å²) in [4.78, 5) is 17.1. The van der Waals surface area contributed by atoms with Crippen molar-refractivity contribution in [2.24, 2.45) is 0 Å². The molecule has 0 spiro atoms. The molecule has 7 nitrogen and oxygen atoms in total. The molecule has 0 rings (SSSR count). The van der Waals surface area contributed by atoms with Crippen LogP contribution in [0.1, 0.15) is 0 Å². The van der Waals surface area contributed by atoms with Crippen molar-refractivity contribution in [3.63, 3.8) is 0 Å². The first-order valence-corrected chi connectivity index (χ1v) is 1.30. The fourth-order valence-corrected chi connectivity index (χ4v) is 0. The Kier molecular flexibility index (Phi) is 90.4. The van der Waals surface area contributed by atoms with Gasteiger partial charge in [-0.05, 0) is 0 Å². The van der Waals surface area contributed by atoms with Crippen molar-refractivity contribution in [3.05, 3.63) is 0 Å². The Morgan fingerprint density at radius 2 is 0.750 bits per heavy atom. The third-order valence-corrected chi connectivity index (χ3v) is 0. The van der Waals surface area contributed by atoms with Crippen LogP contribution in [-0.2, 0) is 52.4 Å². The van der Waals surface area contributed by atoms with Crippen molar-refractivity contribution in [3.8, 4) is 0 Å². The molecule has 0 aromatic rings. The van der Waals surface area contributed by atoms with E-state index in [1.54, 1.807) is 0 Å². The van der Waals surface area contributed by atoms with Crippen LogP contribution in [0.3, 0.4) is 0 Å². The Balaban J connectivity index is -0.0000000112. The molecule has 0 heterocycles. The van der Waals surface area contributed by atoms with Gasteiger partial charge < -0.3 is 26.6 Å². The Hall–Kier alpha value is 1.90. The molecule has 0 aliphatic rings. The van der Waals surface area contributed by atoms with E-state index >= 15 is 0 Å². The number of hydrogen-bond acceptors (Lipinski definition) is 3. The molecule has 0 bridgehead atoms. The van der Waals surface area contributed by atoms with E-state index in [-0.39, 0.29) is 110 Å². The van der Waals surface area contributed by atoms with Crippen LogP contribution in [-0.4, -0.2) is 84.1 Å². The van der Waals surface area contributed by atoms with Gasteiger partial charge in [0.05, 0.1) is 0 Å². The standard InChI is InChI=1S/2CH2O3.K.H3N.2Zr.H/c2*2-1(3)4;;;;;/h2*(H2,2,3,4);;1H3;;;. The van der Waals surface area contributed by atoms with E-state index < -0.39 is 12.3 Å². The average molecular weight is 364 g/mol.